The summed E-state index contributed by atoms with van der Waals surface area (Å²) in [5.41, 5.74) is 0. The van der Waals surface area contributed by atoms with Gasteiger partial charge in [-0.3, -0.25) is 4.79 Å². The van der Waals surface area contributed by atoms with Crippen molar-refractivity contribution in [2.24, 2.45) is 17.8 Å². The van der Waals surface area contributed by atoms with Crippen LogP contribution in [-0.2, 0) is 4.79 Å². The molecule has 2 nitrogen and oxygen atoms in total. The van der Waals surface area contributed by atoms with E-state index in [2.05, 4.69) is 27.7 Å². The van der Waals surface area contributed by atoms with E-state index in [0.717, 1.165) is 30.6 Å². The number of carboxylic acid groups (broad SMARTS) is 1. The summed E-state index contributed by atoms with van der Waals surface area (Å²) in [6.07, 6.45) is 26.0. The molecule has 0 saturated heterocycles. The lowest BCUT2D eigenvalue weighted by Gasteiger charge is -2.17. The molecule has 0 heterocycles. The fraction of sp³-hybridized carbons (Fsp3) is 0.964. The van der Waals surface area contributed by atoms with Gasteiger partial charge in [0.1, 0.15) is 0 Å². The van der Waals surface area contributed by atoms with Crippen molar-refractivity contribution >= 4 is 5.97 Å². The second-order valence-electron chi connectivity index (χ2n) is 10.7. The van der Waals surface area contributed by atoms with Crippen molar-refractivity contribution in [3.63, 3.8) is 0 Å². The van der Waals surface area contributed by atoms with Crippen molar-refractivity contribution in [1.82, 2.24) is 0 Å². The molecule has 0 amide bonds. The lowest BCUT2D eigenvalue weighted by atomic mass is 9.89. The molecule has 0 rings (SSSR count). The fourth-order valence-corrected chi connectivity index (χ4v) is 4.69. The van der Waals surface area contributed by atoms with Gasteiger partial charge in [0.25, 0.3) is 0 Å². The first-order chi connectivity index (χ1) is 14.4. The summed E-state index contributed by atoms with van der Waals surface area (Å²) in [6, 6.07) is 0. The molecular formula is C28H56O2. The van der Waals surface area contributed by atoms with Gasteiger partial charge in [-0.15, -0.1) is 0 Å². The molecule has 0 aromatic rings. The van der Waals surface area contributed by atoms with E-state index in [1.54, 1.807) is 0 Å². The van der Waals surface area contributed by atoms with Gasteiger partial charge in [0.2, 0.25) is 0 Å². The van der Waals surface area contributed by atoms with Crippen LogP contribution in [-0.4, -0.2) is 11.1 Å². The summed E-state index contributed by atoms with van der Waals surface area (Å²) in [5.74, 6) is 2.04. The topological polar surface area (TPSA) is 37.3 Å². The van der Waals surface area contributed by atoms with E-state index >= 15 is 0 Å². The minimum absolute atomic E-state index is 0.344. The van der Waals surface area contributed by atoms with Crippen LogP contribution in [0.5, 0.6) is 0 Å². The van der Waals surface area contributed by atoms with Gasteiger partial charge >= 0.3 is 5.97 Å². The van der Waals surface area contributed by atoms with Gasteiger partial charge in [0.15, 0.2) is 0 Å². The Balaban J connectivity index is 3.24. The predicted octanol–water partition coefficient (Wildman–Crippen LogP) is 9.80. The molecule has 0 bridgehead atoms. The predicted molar refractivity (Wildman–Crippen MR) is 133 cm³/mol. The number of hydrogen-bond donors (Lipinski definition) is 1. The van der Waals surface area contributed by atoms with E-state index in [4.69, 9.17) is 5.11 Å². The monoisotopic (exact) mass is 424 g/mol. The van der Waals surface area contributed by atoms with E-state index in [9.17, 15) is 4.79 Å². The van der Waals surface area contributed by atoms with Crippen molar-refractivity contribution in [2.75, 3.05) is 0 Å². The van der Waals surface area contributed by atoms with Crippen molar-refractivity contribution in [2.45, 2.75) is 156 Å². The molecule has 0 aliphatic rings. The first kappa shape index (κ1) is 29.5. The Kier molecular flexibility index (Phi) is 21.3. The van der Waals surface area contributed by atoms with Crippen LogP contribution in [0.3, 0.4) is 0 Å². The van der Waals surface area contributed by atoms with Crippen LogP contribution < -0.4 is 0 Å². The fourth-order valence-electron chi connectivity index (χ4n) is 4.69. The number of carboxylic acids is 1. The summed E-state index contributed by atoms with van der Waals surface area (Å²) in [4.78, 5) is 10.4. The minimum Gasteiger partial charge on any atom is -0.481 e. The van der Waals surface area contributed by atoms with E-state index < -0.39 is 5.97 Å². The molecule has 180 valence electrons. The highest BCUT2D eigenvalue weighted by Crippen LogP contribution is 2.23. The van der Waals surface area contributed by atoms with Crippen LogP contribution in [0.15, 0.2) is 0 Å². The van der Waals surface area contributed by atoms with Crippen molar-refractivity contribution in [1.29, 1.82) is 0 Å². The van der Waals surface area contributed by atoms with Crippen LogP contribution >= 0.6 is 0 Å². The molecule has 1 N–H and O–H groups in total. The van der Waals surface area contributed by atoms with Gasteiger partial charge in [-0.25, -0.2) is 0 Å². The summed E-state index contributed by atoms with van der Waals surface area (Å²) >= 11 is 0. The summed E-state index contributed by atoms with van der Waals surface area (Å²) < 4.78 is 0. The number of rotatable bonds is 23. The lowest BCUT2D eigenvalue weighted by Crippen LogP contribution is -2.04. The van der Waals surface area contributed by atoms with Crippen LogP contribution in [0.2, 0.25) is 0 Å². The van der Waals surface area contributed by atoms with E-state index in [1.807, 2.05) is 0 Å². The molecule has 0 aliphatic heterocycles. The van der Waals surface area contributed by atoms with Crippen molar-refractivity contribution < 1.29 is 9.90 Å². The zero-order chi connectivity index (χ0) is 22.5. The minimum atomic E-state index is -0.651. The van der Waals surface area contributed by atoms with Crippen LogP contribution in [0, 0.1) is 17.8 Å². The molecule has 0 saturated carbocycles. The first-order valence-corrected chi connectivity index (χ1v) is 13.6. The second kappa shape index (κ2) is 21.7. The molecule has 0 radical (unpaired) electrons. The third kappa shape index (κ3) is 23.7. The van der Waals surface area contributed by atoms with Crippen molar-refractivity contribution in [3.05, 3.63) is 0 Å². The normalized spacial score (nSPS) is 13.6. The molecule has 0 spiro atoms. The highest BCUT2D eigenvalue weighted by molar-refractivity contribution is 5.66. The third-order valence-electron chi connectivity index (χ3n) is 6.62. The van der Waals surface area contributed by atoms with E-state index in [0.29, 0.717) is 6.42 Å². The Bertz CT molecular complexity index is 364. The Morgan fingerprint density at radius 3 is 1.30 bits per heavy atom. The molecule has 2 unspecified atom stereocenters. The standard InChI is InChI=1S/C28H56O2/c1-25(2)20-19-22-27(4)24-26(3)21-17-15-13-11-9-7-5-6-8-10-12-14-16-18-23-28(29)30/h25-27H,5-24H2,1-4H3,(H,29,30). The summed E-state index contributed by atoms with van der Waals surface area (Å²) in [6.45, 7) is 9.60. The Morgan fingerprint density at radius 2 is 0.900 bits per heavy atom. The molecule has 0 aliphatic carbocycles. The Morgan fingerprint density at radius 1 is 0.533 bits per heavy atom. The molecule has 0 aromatic carbocycles. The maximum Gasteiger partial charge on any atom is 0.303 e. The smallest absolute Gasteiger partial charge is 0.303 e. The molecule has 0 aromatic heterocycles. The molecular weight excluding hydrogens is 368 g/mol. The maximum atomic E-state index is 10.4. The zero-order valence-corrected chi connectivity index (χ0v) is 21.2. The number of unbranched alkanes of at least 4 members (excludes halogenated alkanes) is 13. The summed E-state index contributed by atoms with van der Waals surface area (Å²) in [5, 5.41) is 8.60. The average molecular weight is 425 g/mol. The van der Waals surface area contributed by atoms with Gasteiger partial charge < -0.3 is 5.11 Å². The third-order valence-corrected chi connectivity index (χ3v) is 6.62. The van der Waals surface area contributed by atoms with Crippen LogP contribution in [0.1, 0.15) is 156 Å². The molecule has 0 fully saturated rings. The number of carbonyl (C=O) groups is 1. The Labute approximate surface area is 190 Å². The first-order valence-electron chi connectivity index (χ1n) is 13.6. The highest BCUT2D eigenvalue weighted by Gasteiger charge is 2.09. The van der Waals surface area contributed by atoms with Gasteiger partial charge in [0, 0.05) is 6.42 Å². The van der Waals surface area contributed by atoms with Crippen LogP contribution in [0.25, 0.3) is 0 Å². The SMILES string of the molecule is CC(C)CCCC(C)CC(C)CCCCCCCCCCCCCCCCC(=O)O. The quantitative estimate of drug-likeness (QED) is 0.166. The number of hydrogen-bond acceptors (Lipinski definition) is 1. The van der Waals surface area contributed by atoms with Gasteiger partial charge in [-0.2, -0.15) is 0 Å². The zero-order valence-electron chi connectivity index (χ0n) is 21.2. The van der Waals surface area contributed by atoms with Gasteiger partial charge in [-0.1, -0.05) is 137 Å². The van der Waals surface area contributed by atoms with Crippen molar-refractivity contribution in [3.8, 4) is 0 Å². The second-order valence-corrected chi connectivity index (χ2v) is 10.7. The largest absolute Gasteiger partial charge is 0.481 e. The highest BCUT2D eigenvalue weighted by atomic mass is 16.4. The van der Waals surface area contributed by atoms with Gasteiger partial charge in [0.05, 0.1) is 0 Å². The summed E-state index contributed by atoms with van der Waals surface area (Å²) in [7, 11) is 0. The lowest BCUT2D eigenvalue weighted by molar-refractivity contribution is -0.137. The maximum absolute atomic E-state index is 10.4. The van der Waals surface area contributed by atoms with E-state index in [-0.39, 0.29) is 0 Å². The molecule has 2 atom stereocenters. The molecule has 30 heavy (non-hydrogen) atoms. The van der Waals surface area contributed by atoms with E-state index in [1.165, 1.54) is 109 Å². The average Bonchev–Trinajstić information content (AvgIpc) is 2.67. The number of aliphatic carboxylic acids is 1. The Hall–Kier alpha value is -0.530. The van der Waals surface area contributed by atoms with Crippen LogP contribution in [0.4, 0.5) is 0 Å². The van der Waals surface area contributed by atoms with Gasteiger partial charge in [-0.05, 0) is 30.6 Å². The molecule has 2 heteroatoms.